The zero-order chi connectivity index (χ0) is 13.1. The van der Waals surface area contributed by atoms with Crippen molar-refractivity contribution in [2.24, 2.45) is 0 Å². The van der Waals surface area contributed by atoms with Crippen molar-refractivity contribution < 1.29 is 0 Å². The topological polar surface area (TPSA) is 15.3 Å². The Morgan fingerprint density at radius 1 is 1.21 bits per heavy atom. The van der Waals surface area contributed by atoms with Crippen LogP contribution in [0.3, 0.4) is 0 Å². The molecule has 1 saturated carbocycles. The second-order valence-electron chi connectivity index (χ2n) is 6.89. The molecule has 2 nitrogen and oxygen atoms in total. The minimum absolute atomic E-state index is 0.463. The second-order valence-corrected chi connectivity index (χ2v) is 6.89. The molecule has 1 heterocycles. The summed E-state index contributed by atoms with van der Waals surface area (Å²) in [5.74, 6) is 0. The number of rotatable bonds is 2. The predicted octanol–water partition coefficient (Wildman–Crippen LogP) is 3.48. The maximum Gasteiger partial charge on any atom is 0.0309 e. The largest absolute Gasteiger partial charge is 0.308 e. The summed E-state index contributed by atoms with van der Waals surface area (Å²) in [4.78, 5) is 2.88. The van der Waals surface area contributed by atoms with Crippen molar-refractivity contribution in [2.75, 3.05) is 13.1 Å². The highest BCUT2D eigenvalue weighted by Gasteiger charge is 2.41. The van der Waals surface area contributed by atoms with Crippen LogP contribution in [0.25, 0.3) is 0 Å². The average molecular weight is 262 g/mol. The molecule has 108 valence electrons. The smallest absolute Gasteiger partial charge is 0.0309 e. The lowest BCUT2D eigenvalue weighted by Gasteiger charge is -2.52. The molecular weight excluding hydrogens is 232 g/mol. The summed E-state index contributed by atoms with van der Waals surface area (Å²) in [6.45, 7) is 4.89. The van der Waals surface area contributed by atoms with E-state index in [0.29, 0.717) is 5.54 Å². The summed E-state index contributed by atoms with van der Waals surface area (Å²) in [7, 11) is 0. The number of nitrogens with one attached hydrogen (secondary N) is 1. The third-order valence-electron chi connectivity index (χ3n) is 5.66. The van der Waals surface area contributed by atoms with Gasteiger partial charge in [0.2, 0.25) is 0 Å². The fourth-order valence-electron chi connectivity index (χ4n) is 4.43. The van der Waals surface area contributed by atoms with Crippen LogP contribution in [0.5, 0.6) is 0 Å². The number of allylic oxidation sites excluding steroid dienone is 1. The van der Waals surface area contributed by atoms with E-state index in [1.54, 1.807) is 0 Å². The molecule has 1 aliphatic heterocycles. The van der Waals surface area contributed by atoms with Crippen LogP contribution in [-0.2, 0) is 0 Å². The molecule has 19 heavy (non-hydrogen) atoms. The summed E-state index contributed by atoms with van der Waals surface area (Å²) in [6, 6.07) is 1.58. The monoisotopic (exact) mass is 262 g/mol. The normalized spacial score (nSPS) is 35.6. The van der Waals surface area contributed by atoms with Gasteiger partial charge in [-0.05, 0) is 38.5 Å². The Kier molecular flexibility index (Phi) is 4.28. The zero-order valence-electron chi connectivity index (χ0n) is 12.5. The van der Waals surface area contributed by atoms with Crippen molar-refractivity contribution in [3.8, 4) is 0 Å². The zero-order valence-corrected chi connectivity index (χ0v) is 12.5. The van der Waals surface area contributed by atoms with E-state index >= 15 is 0 Å². The van der Waals surface area contributed by atoms with Gasteiger partial charge in [-0.15, -0.1) is 0 Å². The molecule has 2 aliphatic carbocycles. The highest BCUT2D eigenvalue weighted by molar-refractivity contribution is 5.03. The summed E-state index contributed by atoms with van der Waals surface area (Å²) >= 11 is 0. The Balaban J connectivity index is 1.72. The lowest BCUT2D eigenvalue weighted by molar-refractivity contribution is 0.0195. The van der Waals surface area contributed by atoms with Gasteiger partial charge in [-0.1, -0.05) is 38.3 Å². The fraction of sp³-hybridized carbons (Fsp3) is 0.882. The molecular formula is C17H30N2. The van der Waals surface area contributed by atoms with Gasteiger partial charge in [-0.3, -0.25) is 4.90 Å². The molecule has 3 rings (SSSR count). The predicted molar refractivity (Wildman–Crippen MR) is 81.4 cm³/mol. The maximum atomic E-state index is 3.94. The number of hydrogen-bond donors (Lipinski definition) is 1. The SMILES string of the molecule is CCC1CNC2(CCCCC2)CN1C1CC=CCC1. The molecule has 2 atom stereocenters. The second kappa shape index (κ2) is 5.97. The molecule has 0 aromatic rings. The number of nitrogens with zero attached hydrogens (tertiary/aromatic N) is 1. The standard InChI is InChI=1S/C17H30N2/c1-2-15-13-18-17(11-7-4-8-12-17)14-19(15)16-9-5-3-6-10-16/h3,5,15-16,18H,2,4,6-14H2,1H3. The molecule has 1 spiro atoms. The van der Waals surface area contributed by atoms with Crippen LogP contribution < -0.4 is 5.32 Å². The van der Waals surface area contributed by atoms with Gasteiger partial charge in [0, 0.05) is 30.7 Å². The van der Waals surface area contributed by atoms with E-state index in [2.05, 4.69) is 29.3 Å². The molecule has 0 aromatic carbocycles. The van der Waals surface area contributed by atoms with Crippen LogP contribution in [0.2, 0.25) is 0 Å². The van der Waals surface area contributed by atoms with Crippen LogP contribution >= 0.6 is 0 Å². The Bertz CT molecular complexity index is 317. The van der Waals surface area contributed by atoms with Crippen molar-refractivity contribution in [3.63, 3.8) is 0 Å². The van der Waals surface area contributed by atoms with Gasteiger partial charge >= 0.3 is 0 Å². The maximum absolute atomic E-state index is 3.94. The third kappa shape index (κ3) is 2.90. The van der Waals surface area contributed by atoms with Gasteiger partial charge in [0.1, 0.15) is 0 Å². The molecule has 2 fully saturated rings. The number of piperazine rings is 1. The first-order chi connectivity index (χ1) is 9.33. The highest BCUT2D eigenvalue weighted by Crippen LogP contribution is 2.34. The van der Waals surface area contributed by atoms with E-state index in [9.17, 15) is 0 Å². The first-order valence-corrected chi connectivity index (χ1v) is 8.49. The van der Waals surface area contributed by atoms with E-state index < -0.39 is 0 Å². The molecule has 0 bridgehead atoms. The van der Waals surface area contributed by atoms with E-state index in [4.69, 9.17) is 0 Å². The van der Waals surface area contributed by atoms with Crippen molar-refractivity contribution in [2.45, 2.75) is 82.3 Å². The van der Waals surface area contributed by atoms with Crippen LogP contribution in [0.15, 0.2) is 12.2 Å². The Morgan fingerprint density at radius 2 is 2.05 bits per heavy atom. The summed E-state index contributed by atoms with van der Waals surface area (Å²) in [6.07, 6.45) is 17.2. The van der Waals surface area contributed by atoms with Crippen LogP contribution in [0.1, 0.15) is 64.7 Å². The fourth-order valence-corrected chi connectivity index (χ4v) is 4.43. The van der Waals surface area contributed by atoms with E-state index in [0.717, 1.165) is 12.1 Å². The van der Waals surface area contributed by atoms with Gasteiger partial charge < -0.3 is 5.32 Å². The molecule has 0 aromatic heterocycles. The molecule has 1 N–H and O–H groups in total. The van der Waals surface area contributed by atoms with Crippen molar-refractivity contribution in [3.05, 3.63) is 12.2 Å². The van der Waals surface area contributed by atoms with Crippen LogP contribution in [0, 0.1) is 0 Å². The van der Waals surface area contributed by atoms with E-state index in [1.807, 2.05) is 0 Å². The minimum atomic E-state index is 0.463. The Labute approximate surface area is 118 Å². The molecule has 2 unspecified atom stereocenters. The van der Waals surface area contributed by atoms with Gasteiger partial charge in [-0.2, -0.15) is 0 Å². The van der Waals surface area contributed by atoms with Crippen LogP contribution in [0.4, 0.5) is 0 Å². The first kappa shape index (κ1) is 13.6. The average Bonchev–Trinajstić information content (AvgIpc) is 2.49. The summed E-state index contributed by atoms with van der Waals surface area (Å²) in [5, 5.41) is 3.94. The summed E-state index contributed by atoms with van der Waals surface area (Å²) in [5.41, 5.74) is 0.463. The highest BCUT2D eigenvalue weighted by atomic mass is 15.3. The molecule has 1 saturated heterocycles. The number of hydrogen-bond acceptors (Lipinski definition) is 2. The quantitative estimate of drug-likeness (QED) is 0.766. The van der Waals surface area contributed by atoms with Crippen molar-refractivity contribution in [1.82, 2.24) is 10.2 Å². The Morgan fingerprint density at radius 3 is 2.74 bits per heavy atom. The Hall–Kier alpha value is -0.340. The van der Waals surface area contributed by atoms with Gasteiger partial charge in [0.25, 0.3) is 0 Å². The van der Waals surface area contributed by atoms with E-state index in [1.165, 1.54) is 70.9 Å². The van der Waals surface area contributed by atoms with E-state index in [-0.39, 0.29) is 0 Å². The first-order valence-electron chi connectivity index (χ1n) is 8.49. The van der Waals surface area contributed by atoms with Gasteiger partial charge in [0.05, 0.1) is 0 Å². The van der Waals surface area contributed by atoms with Gasteiger partial charge in [-0.25, -0.2) is 0 Å². The molecule has 2 heteroatoms. The minimum Gasteiger partial charge on any atom is -0.308 e. The lowest BCUT2D eigenvalue weighted by atomic mass is 9.78. The van der Waals surface area contributed by atoms with Crippen LogP contribution in [-0.4, -0.2) is 35.6 Å². The molecule has 0 amide bonds. The third-order valence-corrected chi connectivity index (χ3v) is 5.66. The summed E-state index contributed by atoms with van der Waals surface area (Å²) < 4.78 is 0. The van der Waals surface area contributed by atoms with Crippen molar-refractivity contribution >= 4 is 0 Å². The van der Waals surface area contributed by atoms with Gasteiger partial charge in [0.15, 0.2) is 0 Å². The van der Waals surface area contributed by atoms with Crippen molar-refractivity contribution in [1.29, 1.82) is 0 Å². The lowest BCUT2D eigenvalue weighted by Crippen LogP contribution is -2.66. The molecule has 3 aliphatic rings. The molecule has 0 radical (unpaired) electrons.